The molecule has 3 N–H and O–H groups in total. The lowest BCUT2D eigenvalue weighted by atomic mass is 10.0. The average Bonchev–Trinajstić information content (AvgIpc) is 2.80. The molecule has 166 valence electrons. The highest BCUT2D eigenvalue weighted by Crippen LogP contribution is 2.07. The Labute approximate surface area is 181 Å². The molecule has 0 bridgehead atoms. The molecule has 0 aliphatic rings. The van der Waals surface area contributed by atoms with E-state index in [1.54, 1.807) is 0 Å². The van der Waals surface area contributed by atoms with Crippen molar-refractivity contribution in [3.05, 3.63) is 71.8 Å². The summed E-state index contributed by atoms with van der Waals surface area (Å²) < 4.78 is 9.96. The third kappa shape index (κ3) is 8.47. The van der Waals surface area contributed by atoms with Crippen LogP contribution in [0.5, 0.6) is 0 Å². The smallest absolute Gasteiger partial charge is 0.408 e. The Morgan fingerprint density at radius 2 is 1.52 bits per heavy atom. The molecule has 2 aromatic rings. The molecular weight excluding hydrogens is 400 g/mol. The summed E-state index contributed by atoms with van der Waals surface area (Å²) in [4.78, 5) is 37.2. The van der Waals surface area contributed by atoms with Gasteiger partial charge in [-0.2, -0.15) is 0 Å². The number of ether oxygens (including phenoxy) is 2. The Morgan fingerprint density at radius 3 is 2.10 bits per heavy atom. The van der Waals surface area contributed by atoms with Crippen LogP contribution in [-0.2, 0) is 32.1 Å². The van der Waals surface area contributed by atoms with E-state index in [9.17, 15) is 14.4 Å². The van der Waals surface area contributed by atoms with Gasteiger partial charge >= 0.3 is 12.1 Å². The van der Waals surface area contributed by atoms with Crippen molar-refractivity contribution in [2.75, 3.05) is 13.7 Å². The maximum Gasteiger partial charge on any atom is 0.408 e. The second kappa shape index (κ2) is 13.0. The average molecular weight is 428 g/mol. The first-order valence-electron chi connectivity index (χ1n) is 10.0. The number of amides is 2. The van der Waals surface area contributed by atoms with Gasteiger partial charge in [0.15, 0.2) is 0 Å². The minimum atomic E-state index is -0.966. The molecule has 2 rings (SSSR count). The summed E-state index contributed by atoms with van der Waals surface area (Å²) in [6.45, 7) is -0.0610. The number of aliphatic hydroxyl groups excluding tert-OH is 1. The number of esters is 1. The molecule has 31 heavy (non-hydrogen) atoms. The Morgan fingerprint density at radius 1 is 0.903 bits per heavy atom. The molecule has 0 aromatic heterocycles. The predicted molar refractivity (Wildman–Crippen MR) is 114 cm³/mol. The highest BCUT2D eigenvalue weighted by Gasteiger charge is 2.27. The van der Waals surface area contributed by atoms with Gasteiger partial charge in [0.05, 0.1) is 7.11 Å². The molecule has 8 nitrogen and oxygen atoms in total. The molecule has 0 radical (unpaired) electrons. The van der Waals surface area contributed by atoms with Crippen LogP contribution >= 0.6 is 0 Å². The summed E-state index contributed by atoms with van der Waals surface area (Å²) >= 11 is 0. The van der Waals surface area contributed by atoms with Crippen LogP contribution in [0.25, 0.3) is 0 Å². The van der Waals surface area contributed by atoms with Crippen molar-refractivity contribution in [3.8, 4) is 0 Å². The standard InChI is InChI=1S/C23H28N2O6/c1-30-22(28)19(13-8-14-26)24-21(27)20(15-17-9-4-2-5-10-17)25-23(29)31-16-18-11-6-3-7-12-18/h2-7,9-12,19-20,26H,8,13-16H2,1H3,(H,24,27)(H,25,29)/t19-,20-/m0/s1. The molecule has 0 saturated heterocycles. The summed E-state index contributed by atoms with van der Waals surface area (Å²) in [5, 5.41) is 14.2. The maximum atomic E-state index is 12.9. The molecule has 0 aliphatic carbocycles. The van der Waals surface area contributed by atoms with Crippen LogP contribution < -0.4 is 10.6 Å². The van der Waals surface area contributed by atoms with Gasteiger partial charge in [-0.25, -0.2) is 9.59 Å². The zero-order chi connectivity index (χ0) is 22.5. The van der Waals surface area contributed by atoms with Gasteiger partial charge in [-0.15, -0.1) is 0 Å². The van der Waals surface area contributed by atoms with E-state index >= 15 is 0 Å². The number of rotatable bonds is 11. The molecule has 2 aromatic carbocycles. The number of nitrogens with one attached hydrogen (secondary N) is 2. The monoisotopic (exact) mass is 428 g/mol. The number of carbonyl (C=O) groups excluding carboxylic acids is 3. The largest absolute Gasteiger partial charge is 0.467 e. The maximum absolute atomic E-state index is 12.9. The molecule has 8 heteroatoms. The van der Waals surface area contributed by atoms with Gasteiger partial charge in [0.25, 0.3) is 0 Å². The minimum absolute atomic E-state index is 0.0631. The van der Waals surface area contributed by atoms with E-state index in [0.29, 0.717) is 6.42 Å². The van der Waals surface area contributed by atoms with Crippen molar-refractivity contribution in [2.24, 2.45) is 0 Å². The van der Waals surface area contributed by atoms with Crippen molar-refractivity contribution >= 4 is 18.0 Å². The Kier molecular flexibility index (Phi) is 10.0. The highest BCUT2D eigenvalue weighted by molar-refractivity contribution is 5.89. The molecule has 0 unspecified atom stereocenters. The van der Waals surface area contributed by atoms with E-state index in [1.807, 2.05) is 60.7 Å². The molecular formula is C23H28N2O6. The third-order valence-electron chi connectivity index (χ3n) is 4.56. The van der Waals surface area contributed by atoms with E-state index in [-0.39, 0.29) is 26.1 Å². The zero-order valence-electron chi connectivity index (χ0n) is 17.5. The number of benzene rings is 2. The molecule has 0 saturated carbocycles. The van der Waals surface area contributed by atoms with E-state index in [4.69, 9.17) is 14.6 Å². The highest BCUT2D eigenvalue weighted by atomic mass is 16.5. The van der Waals surface area contributed by atoms with Crippen molar-refractivity contribution in [1.29, 1.82) is 0 Å². The fourth-order valence-corrected chi connectivity index (χ4v) is 2.93. The lowest BCUT2D eigenvalue weighted by Crippen LogP contribution is -2.52. The Hall–Kier alpha value is -3.39. The Bertz CT molecular complexity index is 828. The van der Waals surface area contributed by atoms with Crippen molar-refractivity contribution < 1.29 is 29.0 Å². The first-order chi connectivity index (χ1) is 15.0. The number of alkyl carbamates (subject to hydrolysis) is 1. The summed E-state index contributed by atoms with van der Waals surface area (Å²) in [5.74, 6) is -1.17. The van der Waals surface area contributed by atoms with Crippen LogP contribution in [0, 0.1) is 0 Å². The second-order valence-electron chi connectivity index (χ2n) is 6.90. The van der Waals surface area contributed by atoms with Gasteiger partial charge in [-0.1, -0.05) is 60.7 Å². The lowest BCUT2D eigenvalue weighted by molar-refractivity contribution is -0.145. The van der Waals surface area contributed by atoms with Crippen molar-refractivity contribution in [2.45, 2.75) is 38.0 Å². The van der Waals surface area contributed by atoms with Crippen LogP contribution in [0.15, 0.2) is 60.7 Å². The van der Waals surface area contributed by atoms with Crippen molar-refractivity contribution in [1.82, 2.24) is 10.6 Å². The minimum Gasteiger partial charge on any atom is -0.467 e. The third-order valence-corrected chi connectivity index (χ3v) is 4.56. The fraction of sp³-hybridized carbons (Fsp3) is 0.348. The molecule has 2 amide bonds. The van der Waals surface area contributed by atoms with Crippen LogP contribution in [0.2, 0.25) is 0 Å². The number of methoxy groups -OCH3 is 1. The van der Waals surface area contributed by atoms with Crippen LogP contribution in [-0.4, -0.2) is 48.9 Å². The Balaban J connectivity index is 2.06. The van der Waals surface area contributed by atoms with Crippen molar-refractivity contribution in [3.63, 3.8) is 0 Å². The quantitative estimate of drug-likeness (QED) is 0.472. The summed E-state index contributed by atoms with van der Waals surface area (Å²) in [6, 6.07) is 16.5. The number of hydrogen-bond donors (Lipinski definition) is 3. The van der Waals surface area contributed by atoms with Gasteiger partial charge in [-0.05, 0) is 24.0 Å². The lowest BCUT2D eigenvalue weighted by Gasteiger charge is -2.22. The van der Waals surface area contributed by atoms with Gasteiger partial charge < -0.3 is 25.2 Å². The molecule has 0 heterocycles. The molecule has 0 spiro atoms. The normalized spacial score (nSPS) is 12.3. The van der Waals surface area contributed by atoms with E-state index in [1.165, 1.54) is 7.11 Å². The van der Waals surface area contributed by atoms with Gasteiger partial charge in [0.1, 0.15) is 18.7 Å². The van der Waals surface area contributed by atoms with Gasteiger partial charge in [0, 0.05) is 13.0 Å². The topological polar surface area (TPSA) is 114 Å². The van der Waals surface area contributed by atoms with E-state index in [2.05, 4.69) is 10.6 Å². The molecule has 0 aliphatic heterocycles. The summed E-state index contributed by atoms with van der Waals surface area (Å²) in [5.41, 5.74) is 1.65. The van der Waals surface area contributed by atoms with Crippen LogP contribution in [0.4, 0.5) is 4.79 Å². The first kappa shape index (κ1) is 23.9. The SMILES string of the molecule is COC(=O)[C@H](CCCO)NC(=O)[C@H](Cc1ccccc1)NC(=O)OCc1ccccc1. The molecule has 2 atom stereocenters. The molecule has 0 fully saturated rings. The summed E-state index contributed by atoms with van der Waals surface area (Å²) in [7, 11) is 1.22. The fourth-order valence-electron chi connectivity index (χ4n) is 2.93. The second-order valence-corrected chi connectivity index (χ2v) is 6.90. The summed E-state index contributed by atoms with van der Waals surface area (Å²) in [6.07, 6.45) is -0.00699. The van der Waals surface area contributed by atoms with E-state index in [0.717, 1.165) is 11.1 Å². The number of hydrogen-bond acceptors (Lipinski definition) is 6. The van der Waals surface area contributed by atoms with E-state index < -0.39 is 30.1 Å². The zero-order valence-corrected chi connectivity index (χ0v) is 17.5. The number of aliphatic hydroxyl groups is 1. The first-order valence-corrected chi connectivity index (χ1v) is 10.0. The number of carbonyl (C=O) groups is 3. The van der Waals surface area contributed by atoms with Crippen LogP contribution in [0.3, 0.4) is 0 Å². The van der Waals surface area contributed by atoms with Crippen LogP contribution in [0.1, 0.15) is 24.0 Å². The van der Waals surface area contributed by atoms with Gasteiger partial charge in [0.2, 0.25) is 5.91 Å². The van der Waals surface area contributed by atoms with Gasteiger partial charge in [-0.3, -0.25) is 4.79 Å². The predicted octanol–water partition coefficient (Wildman–Crippen LogP) is 1.95.